The molecule has 30 heavy (non-hydrogen) atoms. The van der Waals surface area contributed by atoms with Crippen LogP contribution >= 0.6 is 11.6 Å². The van der Waals surface area contributed by atoms with Gasteiger partial charge in [0.25, 0.3) is 5.91 Å². The standard InChI is InChI=1S/C22H28ClN3O3S/c1-24(2)30(28,29)19-10-11-21(26-12-5-4-6-13-26)20(15-19)22(27)25(3)16-17-8-7-9-18(23)14-17/h7-11,14-15H,4-6,12-13,16H2,1-3H3. The van der Waals surface area contributed by atoms with Gasteiger partial charge in [0.15, 0.2) is 0 Å². The molecule has 0 radical (unpaired) electrons. The smallest absolute Gasteiger partial charge is 0.256 e. The van der Waals surface area contributed by atoms with Gasteiger partial charge in [-0.15, -0.1) is 0 Å². The Balaban J connectivity index is 1.98. The largest absolute Gasteiger partial charge is 0.371 e. The Bertz CT molecular complexity index is 1020. The number of carbonyl (C=O) groups excluding carboxylic acids is 1. The Morgan fingerprint density at radius 3 is 2.37 bits per heavy atom. The molecule has 8 heteroatoms. The maximum atomic E-state index is 13.4. The first-order valence-electron chi connectivity index (χ1n) is 10.0. The Labute approximate surface area is 184 Å². The average Bonchev–Trinajstić information content (AvgIpc) is 2.73. The summed E-state index contributed by atoms with van der Waals surface area (Å²) in [5.74, 6) is -0.216. The van der Waals surface area contributed by atoms with Gasteiger partial charge in [-0.2, -0.15) is 0 Å². The second-order valence-electron chi connectivity index (χ2n) is 7.81. The monoisotopic (exact) mass is 449 g/mol. The number of nitrogens with zero attached hydrogens (tertiary/aromatic N) is 3. The van der Waals surface area contributed by atoms with Crippen molar-refractivity contribution in [2.75, 3.05) is 39.1 Å². The molecule has 1 fully saturated rings. The predicted molar refractivity (Wildman–Crippen MR) is 121 cm³/mol. The molecule has 0 N–H and O–H groups in total. The average molecular weight is 450 g/mol. The van der Waals surface area contributed by atoms with Gasteiger partial charge in [0, 0.05) is 51.5 Å². The highest BCUT2D eigenvalue weighted by Crippen LogP contribution is 2.29. The van der Waals surface area contributed by atoms with Crippen molar-refractivity contribution in [2.45, 2.75) is 30.7 Å². The number of anilines is 1. The quantitative estimate of drug-likeness (QED) is 0.672. The number of hydrogen-bond donors (Lipinski definition) is 0. The molecule has 1 aliphatic heterocycles. The second-order valence-corrected chi connectivity index (χ2v) is 10.4. The van der Waals surface area contributed by atoms with Crippen LogP contribution in [0.4, 0.5) is 5.69 Å². The molecule has 1 saturated heterocycles. The molecule has 162 valence electrons. The highest BCUT2D eigenvalue weighted by atomic mass is 35.5. The van der Waals surface area contributed by atoms with E-state index >= 15 is 0 Å². The lowest BCUT2D eigenvalue weighted by atomic mass is 10.1. The molecule has 1 heterocycles. The summed E-state index contributed by atoms with van der Waals surface area (Å²) >= 11 is 6.07. The number of halogens is 1. The Hall–Kier alpha value is -2.09. The van der Waals surface area contributed by atoms with Gasteiger partial charge in [0.1, 0.15) is 0 Å². The van der Waals surface area contributed by atoms with Crippen LogP contribution in [0.15, 0.2) is 47.4 Å². The third-order valence-electron chi connectivity index (χ3n) is 5.33. The molecule has 0 saturated carbocycles. The zero-order valence-corrected chi connectivity index (χ0v) is 19.2. The van der Waals surface area contributed by atoms with Crippen molar-refractivity contribution in [3.8, 4) is 0 Å². The lowest BCUT2D eigenvalue weighted by Gasteiger charge is -2.31. The molecule has 0 bridgehead atoms. The normalized spacial score (nSPS) is 14.8. The van der Waals surface area contributed by atoms with Gasteiger partial charge in [-0.1, -0.05) is 23.7 Å². The van der Waals surface area contributed by atoms with E-state index in [9.17, 15) is 13.2 Å². The van der Waals surface area contributed by atoms with E-state index in [0.29, 0.717) is 17.1 Å². The van der Waals surface area contributed by atoms with Crippen molar-refractivity contribution in [2.24, 2.45) is 0 Å². The molecule has 1 aliphatic rings. The van der Waals surface area contributed by atoms with E-state index in [1.54, 1.807) is 30.1 Å². The van der Waals surface area contributed by atoms with Crippen molar-refractivity contribution in [1.29, 1.82) is 0 Å². The molecule has 1 amide bonds. The van der Waals surface area contributed by atoms with Gasteiger partial charge in [-0.05, 0) is 55.2 Å². The van der Waals surface area contributed by atoms with E-state index < -0.39 is 10.0 Å². The first kappa shape index (κ1) is 22.6. The summed E-state index contributed by atoms with van der Waals surface area (Å²) in [4.78, 5) is 17.3. The van der Waals surface area contributed by atoms with E-state index in [1.807, 2.05) is 18.2 Å². The van der Waals surface area contributed by atoms with Crippen molar-refractivity contribution in [3.63, 3.8) is 0 Å². The summed E-state index contributed by atoms with van der Waals surface area (Å²) in [6.07, 6.45) is 3.29. The topological polar surface area (TPSA) is 60.9 Å². The Kier molecular flexibility index (Phi) is 7.06. The molecular formula is C22H28ClN3O3S. The summed E-state index contributed by atoms with van der Waals surface area (Å²) in [5.41, 5.74) is 2.11. The summed E-state index contributed by atoms with van der Waals surface area (Å²) in [6.45, 7) is 2.10. The highest BCUT2D eigenvalue weighted by molar-refractivity contribution is 7.89. The van der Waals surface area contributed by atoms with E-state index in [1.165, 1.54) is 26.6 Å². The van der Waals surface area contributed by atoms with Gasteiger partial charge in [0.2, 0.25) is 10.0 Å². The lowest BCUT2D eigenvalue weighted by Crippen LogP contribution is -2.33. The first-order chi connectivity index (χ1) is 14.2. The minimum atomic E-state index is -3.64. The van der Waals surface area contributed by atoms with Gasteiger partial charge < -0.3 is 9.80 Å². The zero-order valence-electron chi connectivity index (χ0n) is 17.6. The van der Waals surface area contributed by atoms with Crippen LogP contribution in [0.1, 0.15) is 35.2 Å². The van der Waals surface area contributed by atoms with Crippen LogP contribution in [0, 0.1) is 0 Å². The fraction of sp³-hybridized carbons (Fsp3) is 0.409. The van der Waals surface area contributed by atoms with Crippen LogP contribution in [0.2, 0.25) is 5.02 Å². The lowest BCUT2D eigenvalue weighted by molar-refractivity contribution is 0.0785. The van der Waals surface area contributed by atoms with E-state index in [4.69, 9.17) is 11.6 Å². The number of amides is 1. The maximum absolute atomic E-state index is 13.4. The molecule has 0 unspecified atom stereocenters. The molecule has 0 aliphatic carbocycles. The second kappa shape index (κ2) is 9.37. The zero-order chi connectivity index (χ0) is 21.9. The van der Waals surface area contributed by atoms with E-state index in [2.05, 4.69) is 4.90 Å². The molecule has 2 aromatic carbocycles. The first-order valence-corrected chi connectivity index (χ1v) is 11.8. The summed E-state index contributed by atoms with van der Waals surface area (Å²) in [5, 5.41) is 0.612. The molecule has 2 aromatic rings. The number of rotatable bonds is 6. The Morgan fingerprint density at radius 2 is 1.73 bits per heavy atom. The van der Waals surface area contributed by atoms with Gasteiger partial charge >= 0.3 is 0 Å². The fourth-order valence-electron chi connectivity index (χ4n) is 3.65. The fourth-order valence-corrected chi connectivity index (χ4v) is 4.80. The van der Waals surface area contributed by atoms with Crippen LogP contribution in [0.25, 0.3) is 0 Å². The third kappa shape index (κ3) is 4.96. The minimum absolute atomic E-state index is 0.118. The summed E-state index contributed by atoms with van der Waals surface area (Å²) < 4.78 is 26.5. The highest BCUT2D eigenvalue weighted by Gasteiger charge is 2.25. The predicted octanol–water partition coefficient (Wildman–Crippen LogP) is 3.85. The summed E-state index contributed by atoms with van der Waals surface area (Å²) in [7, 11) is 1.05. The van der Waals surface area contributed by atoms with Crippen molar-refractivity contribution in [3.05, 3.63) is 58.6 Å². The van der Waals surface area contributed by atoms with Crippen LogP contribution in [-0.4, -0.2) is 57.8 Å². The van der Waals surface area contributed by atoms with Crippen LogP contribution < -0.4 is 4.90 Å². The molecule has 3 rings (SSSR count). The van der Waals surface area contributed by atoms with Crippen LogP contribution in [0.3, 0.4) is 0 Å². The molecule has 0 atom stereocenters. The van der Waals surface area contributed by atoms with Gasteiger partial charge in [0.05, 0.1) is 10.5 Å². The number of piperidine rings is 1. The van der Waals surface area contributed by atoms with Crippen molar-refractivity contribution < 1.29 is 13.2 Å². The minimum Gasteiger partial charge on any atom is -0.371 e. The molecule has 6 nitrogen and oxygen atoms in total. The van der Waals surface area contributed by atoms with E-state index in [0.717, 1.165) is 41.5 Å². The number of sulfonamides is 1. The third-order valence-corrected chi connectivity index (χ3v) is 7.38. The number of hydrogen-bond acceptors (Lipinski definition) is 4. The maximum Gasteiger partial charge on any atom is 0.256 e. The van der Waals surface area contributed by atoms with Crippen molar-refractivity contribution in [1.82, 2.24) is 9.21 Å². The molecule has 0 aromatic heterocycles. The van der Waals surface area contributed by atoms with Gasteiger partial charge in [-0.25, -0.2) is 12.7 Å². The summed E-state index contributed by atoms with van der Waals surface area (Å²) in [6, 6.07) is 12.2. The van der Waals surface area contributed by atoms with Crippen LogP contribution in [-0.2, 0) is 16.6 Å². The molecular weight excluding hydrogens is 422 g/mol. The van der Waals surface area contributed by atoms with Crippen molar-refractivity contribution >= 4 is 33.2 Å². The number of benzene rings is 2. The van der Waals surface area contributed by atoms with Crippen LogP contribution in [0.5, 0.6) is 0 Å². The Morgan fingerprint density at radius 1 is 1.03 bits per heavy atom. The van der Waals surface area contributed by atoms with E-state index in [-0.39, 0.29) is 10.8 Å². The number of carbonyl (C=O) groups is 1. The SMILES string of the molecule is CN(Cc1cccc(Cl)c1)C(=O)c1cc(S(=O)(=O)N(C)C)ccc1N1CCCCC1. The molecule has 0 spiro atoms. The van der Waals surface area contributed by atoms with Gasteiger partial charge in [-0.3, -0.25) is 4.79 Å².